The molecule has 0 spiro atoms. The van der Waals surface area contributed by atoms with Gasteiger partial charge in [0.05, 0.1) is 5.69 Å². The average molecular weight is 265 g/mol. The number of aliphatic hydroxyl groups is 1. The fraction of sp³-hybridized carbons (Fsp3) is 0.714. The first kappa shape index (κ1) is 14.1. The van der Waals surface area contributed by atoms with Gasteiger partial charge in [0.2, 0.25) is 0 Å². The van der Waals surface area contributed by atoms with Gasteiger partial charge in [-0.05, 0) is 37.2 Å². The Bertz CT molecular complexity index is 450. The Balaban J connectivity index is 2.06. The summed E-state index contributed by atoms with van der Waals surface area (Å²) in [4.78, 5) is 12.3. The lowest BCUT2D eigenvalue weighted by Crippen LogP contribution is -2.38. The van der Waals surface area contributed by atoms with Crippen LogP contribution in [0.2, 0.25) is 0 Å². The van der Waals surface area contributed by atoms with E-state index < -0.39 is 0 Å². The molecule has 0 bridgehead atoms. The summed E-state index contributed by atoms with van der Waals surface area (Å²) in [6.07, 6.45) is 2.92. The number of carbonyl (C=O) groups excluding carboxylic acids is 1. The van der Waals surface area contributed by atoms with Crippen LogP contribution < -0.4 is 5.32 Å². The molecule has 2 rings (SSSR count). The number of amides is 1. The van der Waals surface area contributed by atoms with Crippen LogP contribution in [0.3, 0.4) is 0 Å². The Morgan fingerprint density at radius 3 is 2.74 bits per heavy atom. The molecule has 1 aromatic rings. The van der Waals surface area contributed by atoms with E-state index in [4.69, 9.17) is 5.11 Å². The molecule has 1 aromatic heterocycles. The standard InChI is InChI=1S/C14H23N3O2/c1-9(2)12-8-13(17(3)16-12)14(19)15-11(6-7-18)10-4-5-10/h8-11,18H,4-7H2,1-3H3,(H,15,19). The zero-order valence-electron chi connectivity index (χ0n) is 11.9. The van der Waals surface area contributed by atoms with Gasteiger partial charge in [-0.25, -0.2) is 0 Å². The van der Waals surface area contributed by atoms with Crippen molar-refractivity contribution in [3.05, 3.63) is 17.5 Å². The molecule has 1 unspecified atom stereocenters. The molecule has 1 fully saturated rings. The second-order valence-corrected chi connectivity index (χ2v) is 5.66. The van der Waals surface area contributed by atoms with Gasteiger partial charge in [0.25, 0.3) is 5.91 Å². The van der Waals surface area contributed by atoms with Gasteiger partial charge in [0, 0.05) is 19.7 Å². The van der Waals surface area contributed by atoms with E-state index in [1.54, 1.807) is 11.7 Å². The topological polar surface area (TPSA) is 67.2 Å². The maximum Gasteiger partial charge on any atom is 0.269 e. The Kier molecular flexibility index (Phi) is 4.24. The molecule has 19 heavy (non-hydrogen) atoms. The molecular formula is C14H23N3O2. The molecule has 0 radical (unpaired) electrons. The summed E-state index contributed by atoms with van der Waals surface area (Å²) in [6.45, 7) is 4.23. The highest BCUT2D eigenvalue weighted by molar-refractivity contribution is 5.92. The predicted molar refractivity (Wildman–Crippen MR) is 73.0 cm³/mol. The maximum atomic E-state index is 12.3. The smallest absolute Gasteiger partial charge is 0.269 e. The van der Waals surface area contributed by atoms with Crippen molar-refractivity contribution in [3.8, 4) is 0 Å². The van der Waals surface area contributed by atoms with E-state index >= 15 is 0 Å². The molecule has 0 saturated heterocycles. The third-order valence-corrected chi connectivity index (χ3v) is 3.67. The van der Waals surface area contributed by atoms with Crippen molar-refractivity contribution in [2.75, 3.05) is 6.61 Å². The van der Waals surface area contributed by atoms with Crippen molar-refractivity contribution >= 4 is 5.91 Å². The number of aromatic nitrogens is 2. The number of aryl methyl sites for hydroxylation is 1. The lowest BCUT2D eigenvalue weighted by atomic mass is 10.1. The number of nitrogens with one attached hydrogen (secondary N) is 1. The quantitative estimate of drug-likeness (QED) is 0.817. The molecular weight excluding hydrogens is 242 g/mol. The van der Waals surface area contributed by atoms with Crippen LogP contribution in [0.15, 0.2) is 6.07 Å². The van der Waals surface area contributed by atoms with Crippen LogP contribution in [0.1, 0.15) is 55.2 Å². The summed E-state index contributed by atoms with van der Waals surface area (Å²) in [5, 5.41) is 16.4. The van der Waals surface area contributed by atoms with Gasteiger partial charge < -0.3 is 10.4 Å². The molecule has 5 heteroatoms. The highest BCUT2D eigenvalue weighted by atomic mass is 16.3. The van der Waals surface area contributed by atoms with E-state index in [9.17, 15) is 4.79 Å². The van der Waals surface area contributed by atoms with E-state index in [-0.39, 0.29) is 18.6 Å². The van der Waals surface area contributed by atoms with Crippen molar-refractivity contribution in [1.29, 1.82) is 0 Å². The van der Waals surface area contributed by atoms with Crippen molar-refractivity contribution < 1.29 is 9.90 Å². The van der Waals surface area contributed by atoms with Gasteiger partial charge in [0.1, 0.15) is 5.69 Å². The summed E-state index contributed by atoms with van der Waals surface area (Å²) in [6, 6.07) is 1.94. The predicted octanol–water partition coefficient (Wildman–Crippen LogP) is 1.43. The number of aliphatic hydroxyl groups excluding tert-OH is 1. The van der Waals surface area contributed by atoms with Gasteiger partial charge in [-0.3, -0.25) is 9.48 Å². The molecule has 1 aliphatic rings. The van der Waals surface area contributed by atoms with Crippen LogP contribution >= 0.6 is 0 Å². The fourth-order valence-electron chi connectivity index (χ4n) is 2.29. The van der Waals surface area contributed by atoms with Crippen molar-refractivity contribution in [3.63, 3.8) is 0 Å². The zero-order valence-corrected chi connectivity index (χ0v) is 11.9. The third-order valence-electron chi connectivity index (χ3n) is 3.67. The number of hydrogen-bond acceptors (Lipinski definition) is 3. The molecule has 1 amide bonds. The molecule has 5 nitrogen and oxygen atoms in total. The van der Waals surface area contributed by atoms with Crippen LogP contribution in [0.5, 0.6) is 0 Å². The van der Waals surface area contributed by atoms with Crippen LogP contribution in [0.4, 0.5) is 0 Å². The van der Waals surface area contributed by atoms with Crippen LogP contribution in [-0.4, -0.2) is 33.4 Å². The molecule has 106 valence electrons. The fourth-order valence-corrected chi connectivity index (χ4v) is 2.29. The lowest BCUT2D eigenvalue weighted by Gasteiger charge is -2.16. The normalized spacial score (nSPS) is 16.7. The van der Waals surface area contributed by atoms with Gasteiger partial charge in [-0.2, -0.15) is 5.10 Å². The van der Waals surface area contributed by atoms with Crippen LogP contribution in [-0.2, 0) is 7.05 Å². The Morgan fingerprint density at radius 1 is 1.58 bits per heavy atom. The lowest BCUT2D eigenvalue weighted by molar-refractivity contribution is 0.0914. The monoisotopic (exact) mass is 265 g/mol. The molecule has 2 N–H and O–H groups in total. The van der Waals surface area contributed by atoms with E-state index in [1.165, 1.54) is 0 Å². The molecule has 0 aromatic carbocycles. The summed E-state index contributed by atoms with van der Waals surface area (Å²) in [5.74, 6) is 0.755. The van der Waals surface area contributed by atoms with E-state index in [0.29, 0.717) is 24.0 Å². The second kappa shape index (κ2) is 5.74. The highest BCUT2D eigenvalue weighted by Crippen LogP contribution is 2.34. The van der Waals surface area contributed by atoms with Crippen molar-refractivity contribution in [1.82, 2.24) is 15.1 Å². The molecule has 0 aliphatic heterocycles. The number of nitrogens with zero attached hydrogens (tertiary/aromatic N) is 2. The largest absolute Gasteiger partial charge is 0.396 e. The molecule has 1 aliphatic carbocycles. The van der Waals surface area contributed by atoms with Crippen LogP contribution in [0, 0.1) is 5.92 Å². The Hall–Kier alpha value is -1.36. The zero-order chi connectivity index (χ0) is 14.0. The van der Waals surface area contributed by atoms with Gasteiger partial charge >= 0.3 is 0 Å². The van der Waals surface area contributed by atoms with Gasteiger partial charge in [-0.1, -0.05) is 13.8 Å². The summed E-state index contributed by atoms with van der Waals surface area (Å²) in [5.41, 5.74) is 1.52. The van der Waals surface area contributed by atoms with Crippen LogP contribution in [0.25, 0.3) is 0 Å². The van der Waals surface area contributed by atoms with Crippen molar-refractivity contribution in [2.24, 2.45) is 13.0 Å². The Morgan fingerprint density at radius 2 is 2.26 bits per heavy atom. The van der Waals surface area contributed by atoms with Gasteiger partial charge in [0.15, 0.2) is 0 Å². The van der Waals surface area contributed by atoms with E-state index in [2.05, 4.69) is 24.3 Å². The van der Waals surface area contributed by atoms with Gasteiger partial charge in [-0.15, -0.1) is 0 Å². The molecule has 1 atom stereocenters. The first-order valence-electron chi connectivity index (χ1n) is 6.98. The first-order valence-corrected chi connectivity index (χ1v) is 6.98. The minimum Gasteiger partial charge on any atom is -0.396 e. The third kappa shape index (κ3) is 3.35. The Labute approximate surface area is 114 Å². The van der Waals surface area contributed by atoms with E-state index in [1.807, 2.05) is 6.07 Å². The number of rotatable bonds is 6. The minimum atomic E-state index is -0.0905. The summed E-state index contributed by atoms with van der Waals surface area (Å²) in [7, 11) is 1.79. The minimum absolute atomic E-state index is 0.0905. The second-order valence-electron chi connectivity index (χ2n) is 5.66. The molecule has 1 saturated carbocycles. The number of hydrogen-bond donors (Lipinski definition) is 2. The van der Waals surface area contributed by atoms with E-state index in [0.717, 1.165) is 18.5 Å². The number of carbonyl (C=O) groups is 1. The summed E-state index contributed by atoms with van der Waals surface area (Å²) >= 11 is 0. The summed E-state index contributed by atoms with van der Waals surface area (Å²) < 4.78 is 1.63. The van der Waals surface area contributed by atoms with Crippen molar-refractivity contribution in [2.45, 2.75) is 45.1 Å². The maximum absolute atomic E-state index is 12.3. The first-order chi connectivity index (χ1) is 9.02. The SMILES string of the molecule is CC(C)c1cc(C(=O)NC(CCO)C2CC2)n(C)n1. The average Bonchev–Trinajstić information content (AvgIpc) is 3.11. The molecule has 1 heterocycles. The highest BCUT2D eigenvalue weighted by Gasteiger charge is 2.32.